The highest BCUT2D eigenvalue weighted by Gasteiger charge is 2.56. The molecule has 2 saturated heterocycles. The van der Waals surface area contributed by atoms with Crippen molar-refractivity contribution >= 4 is 18.2 Å². The first-order valence-electron chi connectivity index (χ1n) is 9.78. The molecule has 2 atom stereocenters. The van der Waals surface area contributed by atoms with Gasteiger partial charge in [-0.2, -0.15) is 0 Å². The lowest BCUT2D eigenvalue weighted by atomic mass is 9.72. The number of rotatable bonds is 3. The molecule has 2 aliphatic rings. The van der Waals surface area contributed by atoms with Crippen LogP contribution < -0.4 is 0 Å². The van der Waals surface area contributed by atoms with Gasteiger partial charge in [0.25, 0.3) is 0 Å². The van der Waals surface area contributed by atoms with E-state index in [9.17, 15) is 19.5 Å². The summed E-state index contributed by atoms with van der Waals surface area (Å²) in [6.45, 7) is 6.34. The zero-order chi connectivity index (χ0) is 21.2. The van der Waals surface area contributed by atoms with Crippen LogP contribution in [0.15, 0.2) is 30.3 Å². The minimum atomic E-state index is -1.07. The van der Waals surface area contributed by atoms with Gasteiger partial charge >= 0.3 is 18.2 Å². The number of carbonyl (C=O) groups excluding carboxylic acids is 2. The van der Waals surface area contributed by atoms with Gasteiger partial charge in [0.2, 0.25) is 0 Å². The van der Waals surface area contributed by atoms with Crippen LogP contribution >= 0.6 is 0 Å². The Morgan fingerprint density at radius 2 is 1.76 bits per heavy atom. The summed E-state index contributed by atoms with van der Waals surface area (Å²) in [6, 6.07) is 9.31. The molecule has 1 N–H and O–H groups in total. The Labute approximate surface area is 170 Å². The van der Waals surface area contributed by atoms with Gasteiger partial charge in [0, 0.05) is 32.1 Å². The molecule has 29 heavy (non-hydrogen) atoms. The van der Waals surface area contributed by atoms with Crippen molar-refractivity contribution in [2.45, 2.75) is 39.4 Å². The van der Waals surface area contributed by atoms with Crippen LogP contribution in [-0.4, -0.2) is 64.8 Å². The van der Waals surface area contributed by atoms with E-state index in [0.717, 1.165) is 5.56 Å². The molecule has 3 rings (SSSR count). The second-order valence-electron chi connectivity index (χ2n) is 8.76. The van der Waals surface area contributed by atoms with Crippen LogP contribution in [0.2, 0.25) is 0 Å². The van der Waals surface area contributed by atoms with Crippen LogP contribution in [0.5, 0.6) is 0 Å². The predicted octanol–water partition coefficient (Wildman–Crippen LogP) is 2.97. The zero-order valence-corrected chi connectivity index (χ0v) is 17.1. The summed E-state index contributed by atoms with van der Waals surface area (Å²) < 4.78 is 10.8. The van der Waals surface area contributed by atoms with Gasteiger partial charge in [-0.1, -0.05) is 30.3 Å². The van der Waals surface area contributed by atoms with Crippen molar-refractivity contribution in [3.63, 3.8) is 0 Å². The number of ether oxygens (including phenoxy) is 2. The quantitative estimate of drug-likeness (QED) is 0.832. The van der Waals surface area contributed by atoms with Gasteiger partial charge in [-0.25, -0.2) is 9.59 Å². The molecule has 1 aromatic carbocycles. The van der Waals surface area contributed by atoms with Gasteiger partial charge < -0.3 is 24.4 Å². The number of nitrogens with zero attached hydrogens (tertiary/aromatic N) is 2. The molecule has 2 aliphatic heterocycles. The summed E-state index contributed by atoms with van der Waals surface area (Å²) in [4.78, 5) is 40.0. The molecule has 0 saturated carbocycles. The Morgan fingerprint density at radius 3 is 2.38 bits per heavy atom. The van der Waals surface area contributed by atoms with Gasteiger partial charge in [-0.15, -0.1) is 0 Å². The summed E-state index contributed by atoms with van der Waals surface area (Å²) in [5.41, 5.74) is -0.826. The number of amides is 2. The first kappa shape index (κ1) is 21.0. The Morgan fingerprint density at radius 1 is 1.10 bits per heavy atom. The maximum absolute atomic E-state index is 12.5. The third-order valence-electron chi connectivity index (χ3n) is 5.50. The molecule has 2 amide bonds. The number of carboxylic acids is 1. The molecule has 8 heteroatoms. The molecule has 0 bridgehead atoms. The van der Waals surface area contributed by atoms with Crippen molar-refractivity contribution in [2.75, 3.05) is 26.2 Å². The lowest BCUT2D eigenvalue weighted by molar-refractivity contribution is -0.153. The van der Waals surface area contributed by atoms with Crippen molar-refractivity contribution in [1.82, 2.24) is 9.80 Å². The van der Waals surface area contributed by atoms with Gasteiger partial charge in [0.05, 0.1) is 5.41 Å². The summed E-state index contributed by atoms with van der Waals surface area (Å²) in [6.07, 6.45) is -0.719. The summed E-state index contributed by atoms with van der Waals surface area (Å²) >= 11 is 0. The number of piperidine rings is 1. The summed E-state index contributed by atoms with van der Waals surface area (Å²) in [5, 5.41) is 9.90. The first-order valence-corrected chi connectivity index (χ1v) is 9.78. The number of carbonyl (C=O) groups is 3. The molecule has 0 spiro atoms. The monoisotopic (exact) mass is 404 g/mol. The smallest absolute Gasteiger partial charge is 0.410 e. The van der Waals surface area contributed by atoms with Crippen molar-refractivity contribution < 1.29 is 29.0 Å². The number of hydrogen-bond donors (Lipinski definition) is 1. The Bertz CT molecular complexity index is 775. The third kappa shape index (κ3) is 4.63. The van der Waals surface area contributed by atoms with E-state index >= 15 is 0 Å². The maximum atomic E-state index is 12.5. The van der Waals surface area contributed by atoms with E-state index in [4.69, 9.17) is 9.47 Å². The molecule has 0 radical (unpaired) electrons. The fourth-order valence-electron chi connectivity index (χ4n) is 3.97. The van der Waals surface area contributed by atoms with Crippen molar-refractivity contribution in [2.24, 2.45) is 11.3 Å². The van der Waals surface area contributed by atoms with Gasteiger partial charge in [0.15, 0.2) is 0 Å². The molecule has 2 heterocycles. The number of hydrogen-bond acceptors (Lipinski definition) is 5. The van der Waals surface area contributed by atoms with E-state index in [1.807, 2.05) is 30.3 Å². The Kier molecular flexibility index (Phi) is 5.73. The highest BCUT2D eigenvalue weighted by Crippen LogP contribution is 2.43. The van der Waals surface area contributed by atoms with E-state index in [1.54, 1.807) is 20.8 Å². The largest absolute Gasteiger partial charge is 0.481 e. The second-order valence-corrected chi connectivity index (χ2v) is 8.76. The van der Waals surface area contributed by atoms with Crippen molar-refractivity contribution in [1.29, 1.82) is 0 Å². The lowest BCUT2D eigenvalue weighted by Gasteiger charge is -2.40. The Balaban J connectivity index is 1.65. The standard InChI is InChI=1S/C21H28N2O6/c1-20(2,3)29-19(27)22-10-9-21(17(24)25)14-23(12-16(21)11-22)18(26)28-13-15-7-5-4-6-8-15/h4-8,16H,9-14H2,1-3H3,(H,24,25)/t16-,21-/m0/s1. The molecule has 0 unspecified atom stereocenters. The molecular formula is C21H28N2O6. The minimum absolute atomic E-state index is 0.0861. The van der Waals surface area contributed by atoms with E-state index in [-0.39, 0.29) is 45.1 Å². The highest BCUT2D eigenvalue weighted by molar-refractivity contribution is 5.79. The van der Waals surface area contributed by atoms with Crippen LogP contribution in [0.1, 0.15) is 32.8 Å². The van der Waals surface area contributed by atoms with Crippen LogP contribution in [0, 0.1) is 11.3 Å². The predicted molar refractivity (Wildman–Crippen MR) is 104 cm³/mol. The SMILES string of the molecule is CC(C)(C)OC(=O)N1CC[C@]2(C(=O)O)CN(C(=O)OCc3ccccc3)C[C@@H]2C1. The van der Waals surface area contributed by atoms with E-state index < -0.39 is 29.2 Å². The number of carboxylic acid groups (broad SMARTS) is 1. The Hall–Kier alpha value is -2.77. The van der Waals surface area contributed by atoms with Crippen LogP contribution in [-0.2, 0) is 20.9 Å². The molecule has 1 aromatic rings. The average molecular weight is 404 g/mol. The topological polar surface area (TPSA) is 96.4 Å². The normalized spacial score (nSPS) is 24.0. The zero-order valence-electron chi connectivity index (χ0n) is 17.1. The molecular weight excluding hydrogens is 376 g/mol. The number of aliphatic carboxylic acids is 1. The molecule has 0 aromatic heterocycles. The van der Waals surface area contributed by atoms with E-state index in [2.05, 4.69) is 0 Å². The number of likely N-dealkylation sites (tertiary alicyclic amines) is 2. The summed E-state index contributed by atoms with van der Waals surface area (Å²) in [7, 11) is 0. The van der Waals surface area contributed by atoms with Crippen LogP contribution in [0.25, 0.3) is 0 Å². The highest BCUT2D eigenvalue weighted by atomic mass is 16.6. The average Bonchev–Trinajstić information content (AvgIpc) is 3.06. The fourth-order valence-corrected chi connectivity index (χ4v) is 3.97. The van der Waals surface area contributed by atoms with Gasteiger partial charge in [-0.05, 0) is 32.8 Å². The van der Waals surface area contributed by atoms with Crippen LogP contribution in [0.3, 0.4) is 0 Å². The maximum Gasteiger partial charge on any atom is 0.410 e. The molecule has 2 fully saturated rings. The second kappa shape index (κ2) is 7.93. The molecule has 0 aliphatic carbocycles. The molecule has 8 nitrogen and oxygen atoms in total. The fraction of sp³-hybridized carbons (Fsp3) is 0.571. The lowest BCUT2D eigenvalue weighted by Crippen LogP contribution is -2.53. The number of fused-ring (bicyclic) bond motifs is 1. The molecule has 158 valence electrons. The summed E-state index contributed by atoms with van der Waals surface area (Å²) in [5.74, 6) is -1.31. The third-order valence-corrected chi connectivity index (χ3v) is 5.50. The van der Waals surface area contributed by atoms with E-state index in [0.29, 0.717) is 0 Å². The van der Waals surface area contributed by atoms with Crippen molar-refractivity contribution in [3.05, 3.63) is 35.9 Å². The van der Waals surface area contributed by atoms with Crippen molar-refractivity contribution in [3.8, 4) is 0 Å². The van der Waals surface area contributed by atoms with Gasteiger partial charge in [0.1, 0.15) is 12.2 Å². The first-order chi connectivity index (χ1) is 13.6. The van der Waals surface area contributed by atoms with Gasteiger partial charge in [-0.3, -0.25) is 4.79 Å². The van der Waals surface area contributed by atoms with Crippen LogP contribution in [0.4, 0.5) is 9.59 Å². The van der Waals surface area contributed by atoms with E-state index in [1.165, 1.54) is 9.80 Å². The number of benzene rings is 1. The minimum Gasteiger partial charge on any atom is -0.481 e.